The monoisotopic (exact) mass is 307 g/mol. The van der Waals surface area contributed by atoms with E-state index in [0.29, 0.717) is 30.5 Å². The van der Waals surface area contributed by atoms with Crippen LogP contribution in [0.5, 0.6) is 0 Å². The molecule has 0 unspecified atom stereocenters. The van der Waals surface area contributed by atoms with Crippen molar-refractivity contribution in [2.75, 3.05) is 18.5 Å². The summed E-state index contributed by atoms with van der Waals surface area (Å²) >= 11 is 5.76. The Morgan fingerprint density at radius 2 is 2.29 bits per heavy atom. The van der Waals surface area contributed by atoms with Gasteiger partial charge in [0.25, 0.3) is 0 Å². The average Bonchev–Trinajstić information content (AvgIpc) is 3.03. The van der Waals surface area contributed by atoms with Gasteiger partial charge in [0.05, 0.1) is 17.3 Å². The van der Waals surface area contributed by atoms with Gasteiger partial charge >= 0.3 is 0 Å². The molecule has 0 radical (unpaired) electrons. The Bertz CT molecular complexity index is 632. The van der Waals surface area contributed by atoms with Gasteiger partial charge in [0, 0.05) is 30.7 Å². The molecule has 1 aromatic carbocycles. The fraction of sp³-hybridized carbons (Fsp3) is 0.333. The Morgan fingerprint density at radius 1 is 1.38 bits per heavy atom. The molecule has 0 saturated carbocycles. The molecule has 1 aliphatic heterocycles. The van der Waals surface area contributed by atoms with Gasteiger partial charge in [-0.05, 0) is 12.5 Å². The van der Waals surface area contributed by atoms with Gasteiger partial charge in [-0.15, -0.1) is 0 Å². The number of nitrogens with one attached hydrogen (secondary N) is 1. The first-order valence-corrected chi connectivity index (χ1v) is 7.18. The largest absolute Gasteiger partial charge is 0.381 e. The van der Waals surface area contributed by atoms with Crippen molar-refractivity contribution in [3.63, 3.8) is 0 Å². The second-order valence-corrected chi connectivity index (χ2v) is 5.36. The molecular formula is C15H15ClFN3O. The van der Waals surface area contributed by atoms with Crippen molar-refractivity contribution in [1.29, 1.82) is 0 Å². The van der Waals surface area contributed by atoms with Crippen molar-refractivity contribution in [2.24, 2.45) is 0 Å². The fourth-order valence-corrected chi connectivity index (χ4v) is 2.52. The predicted octanol–water partition coefficient (Wildman–Crippen LogP) is 3.39. The van der Waals surface area contributed by atoms with Crippen LogP contribution in [-0.2, 0) is 11.3 Å². The van der Waals surface area contributed by atoms with Crippen LogP contribution in [0, 0.1) is 5.82 Å². The summed E-state index contributed by atoms with van der Waals surface area (Å²) in [6, 6.07) is 6.84. The van der Waals surface area contributed by atoms with E-state index in [9.17, 15) is 4.39 Å². The molecule has 2 heterocycles. The molecule has 21 heavy (non-hydrogen) atoms. The van der Waals surface area contributed by atoms with Crippen molar-refractivity contribution in [3.05, 3.63) is 52.7 Å². The highest BCUT2D eigenvalue weighted by atomic mass is 35.5. The van der Waals surface area contributed by atoms with E-state index in [2.05, 4.69) is 15.3 Å². The molecule has 110 valence electrons. The van der Waals surface area contributed by atoms with Gasteiger partial charge < -0.3 is 10.1 Å². The minimum absolute atomic E-state index is 0.126. The second-order valence-electron chi connectivity index (χ2n) is 4.96. The minimum atomic E-state index is -0.398. The van der Waals surface area contributed by atoms with Gasteiger partial charge in [-0.1, -0.05) is 23.7 Å². The van der Waals surface area contributed by atoms with E-state index < -0.39 is 5.82 Å². The Morgan fingerprint density at radius 3 is 3.10 bits per heavy atom. The molecule has 3 rings (SSSR count). The summed E-state index contributed by atoms with van der Waals surface area (Å²) < 4.78 is 19.2. The summed E-state index contributed by atoms with van der Waals surface area (Å²) in [4.78, 5) is 8.44. The van der Waals surface area contributed by atoms with Crippen molar-refractivity contribution >= 4 is 17.4 Å². The van der Waals surface area contributed by atoms with Crippen LogP contribution < -0.4 is 5.32 Å². The summed E-state index contributed by atoms with van der Waals surface area (Å²) in [6.07, 6.45) is 2.49. The number of rotatable bonds is 4. The third kappa shape index (κ3) is 3.31. The lowest BCUT2D eigenvalue weighted by molar-refractivity contribution is 0.193. The van der Waals surface area contributed by atoms with Crippen LogP contribution in [0.3, 0.4) is 0 Å². The lowest BCUT2D eigenvalue weighted by Gasteiger charge is -2.10. The second kappa shape index (κ2) is 6.37. The van der Waals surface area contributed by atoms with Crippen LogP contribution in [0.1, 0.15) is 23.6 Å². The lowest BCUT2D eigenvalue weighted by Crippen LogP contribution is -2.07. The molecule has 4 nitrogen and oxygen atoms in total. The average molecular weight is 308 g/mol. The van der Waals surface area contributed by atoms with E-state index in [1.165, 1.54) is 12.4 Å². The Labute approximate surface area is 127 Å². The molecule has 0 amide bonds. The zero-order chi connectivity index (χ0) is 14.7. The molecule has 0 aliphatic carbocycles. The summed E-state index contributed by atoms with van der Waals surface area (Å²) in [5.41, 5.74) is 1.46. The normalized spacial score (nSPS) is 17.9. The van der Waals surface area contributed by atoms with Crippen molar-refractivity contribution in [3.8, 4) is 0 Å². The number of aromatic nitrogens is 2. The van der Waals surface area contributed by atoms with Crippen LogP contribution >= 0.6 is 11.6 Å². The summed E-state index contributed by atoms with van der Waals surface area (Å²) in [7, 11) is 0. The number of benzene rings is 1. The first-order valence-electron chi connectivity index (χ1n) is 6.80. The van der Waals surface area contributed by atoms with Gasteiger partial charge in [-0.25, -0.2) is 14.4 Å². The van der Waals surface area contributed by atoms with E-state index in [1.54, 1.807) is 12.1 Å². The van der Waals surface area contributed by atoms with Crippen molar-refractivity contribution in [1.82, 2.24) is 9.97 Å². The Kier molecular flexibility index (Phi) is 4.31. The highest BCUT2D eigenvalue weighted by Crippen LogP contribution is 2.24. The van der Waals surface area contributed by atoms with Gasteiger partial charge in [0.2, 0.25) is 0 Å². The summed E-state index contributed by atoms with van der Waals surface area (Å²) in [5.74, 6) is 0.591. The molecule has 1 aromatic heterocycles. The molecule has 0 bridgehead atoms. The summed E-state index contributed by atoms with van der Waals surface area (Å²) in [6.45, 7) is 1.79. The van der Waals surface area contributed by atoms with Crippen LogP contribution in [0.15, 0.2) is 30.6 Å². The number of ether oxygens (including phenoxy) is 1. The van der Waals surface area contributed by atoms with Gasteiger partial charge in [0.1, 0.15) is 18.0 Å². The molecular weight excluding hydrogens is 293 g/mol. The Hall–Kier alpha value is -1.72. The molecule has 2 aromatic rings. The number of halogens is 2. The Balaban J connectivity index is 1.70. The maximum Gasteiger partial charge on any atom is 0.146 e. The SMILES string of the molecule is Fc1c(Cl)cccc1CNc1cc([C@@H]2CCOC2)ncn1. The first-order chi connectivity index (χ1) is 10.2. The van der Waals surface area contributed by atoms with Crippen LogP contribution in [0.2, 0.25) is 5.02 Å². The molecule has 1 atom stereocenters. The van der Waals surface area contributed by atoms with E-state index in [-0.39, 0.29) is 5.02 Å². The number of anilines is 1. The van der Waals surface area contributed by atoms with E-state index in [1.807, 2.05) is 6.07 Å². The molecule has 0 spiro atoms. The van der Waals surface area contributed by atoms with Crippen LogP contribution in [0.25, 0.3) is 0 Å². The van der Waals surface area contributed by atoms with Crippen LogP contribution in [-0.4, -0.2) is 23.2 Å². The lowest BCUT2D eigenvalue weighted by atomic mass is 10.1. The fourth-order valence-electron chi connectivity index (χ4n) is 2.33. The number of hydrogen-bond donors (Lipinski definition) is 1. The molecule has 1 N–H and O–H groups in total. The number of hydrogen-bond acceptors (Lipinski definition) is 4. The maximum atomic E-state index is 13.8. The highest BCUT2D eigenvalue weighted by molar-refractivity contribution is 6.30. The van der Waals surface area contributed by atoms with Gasteiger partial charge in [-0.3, -0.25) is 0 Å². The third-order valence-corrected chi connectivity index (χ3v) is 3.82. The van der Waals surface area contributed by atoms with Crippen LogP contribution in [0.4, 0.5) is 10.2 Å². The van der Waals surface area contributed by atoms with E-state index in [4.69, 9.17) is 16.3 Å². The first kappa shape index (κ1) is 14.2. The third-order valence-electron chi connectivity index (χ3n) is 3.53. The zero-order valence-electron chi connectivity index (χ0n) is 11.4. The minimum Gasteiger partial charge on any atom is -0.381 e. The van der Waals surface area contributed by atoms with Gasteiger partial charge in [-0.2, -0.15) is 0 Å². The standard InChI is InChI=1S/C15H15ClFN3O/c16-12-3-1-2-10(15(12)17)7-18-14-6-13(19-9-20-14)11-4-5-21-8-11/h1-3,6,9,11H,4-5,7-8H2,(H,18,19,20)/t11-/m1/s1. The van der Waals surface area contributed by atoms with Crippen molar-refractivity contribution in [2.45, 2.75) is 18.9 Å². The highest BCUT2D eigenvalue weighted by Gasteiger charge is 2.19. The maximum absolute atomic E-state index is 13.8. The van der Waals surface area contributed by atoms with Crippen molar-refractivity contribution < 1.29 is 9.13 Å². The molecule has 1 saturated heterocycles. The number of nitrogens with zero attached hydrogens (tertiary/aromatic N) is 2. The molecule has 1 aliphatic rings. The topological polar surface area (TPSA) is 47.0 Å². The zero-order valence-corrected chi connectivity index (χ0v) is 12.1. The summed E-state index contributed by atoms with van der Waals surface area (Å²) in [5, 5.41) is 3.23. The van der Waals surface area contributed by atoms with E-state index in [0.717, 1.165) is 18.7 Å². The van der Waals surface area contributed by atoms with Gasteiger partial charge in [0.15, 0.2) is 0 Å². The predicted molar refractivity (Wildman–Crippen MR) is 78.9 cm³/mol. The smallest absolute Gasteiger partial charge is 0.146 e. The molecule has 1 fully saturated rings. The van der Waals surface area contributed by atoms with E-state index >= 15 is 0 Å². The quantitative estimate of drug-likeness (QED) is 0.940. The molecule has 6 heteroatoms.